The maximum Gasteiger partial charge on any atom is 0.337 e. The first-order valence-corrected chi connectivity index (χ1v) is 10.3. The van der Waals surface area contributed by atoms with Crippen molar-refractivity contribution in [3.63, 3.8) is 0 Å². The summed E-state index contributed by atoms with van der Waals surface area (Å²) in [6, 6.07) is 11.0. The van der Waals surface area contributed by atoms with Gasteiger partial charge in [0.05, 0.1) is 37.8 Å². The molecule has 0 aliphatic carbocycles. The Morgan fingerprint density at radius 3 is 2.46 bits per heavy atom. The first kappa shape index (κ1) is 20.2. The molecule has 8 heteroatoms. The third kappa shape index (κ3) is 3.70. The number of hydrogen-bond acceptors (Lipinski definition) is 6. The SMILES string of the molecule is COC(=O)c1cccc(S(=O)(=O)N2CCC[C@@H]2c2ccc(OC)c(OC)c2)c1. The van der Waals surface area contributed by atoms with Crippen molar-refractivity contribution in [2.75, 3.05) is 27.9 Å². The molecule has 1 aliphatic rings. The lowest BCUT2D eigenvalue weighted by Crippen LogP contribution is -2.30. The Hall–Kier alpha value is -2.58. The number of sulfonamides is 1. The molecule has 0 saturated carbocycles. The molecule has 0 radical (unpaired) electrons. The Labute approximate surface area is 164 Å². The normalized spacial score (nSPS) is 17.3. The zero-order chi connectivity index (χ0) is 20.3. The number of methoxy groups -OCH3 is 3. The molecule has 150 valence electrons. The largest absolute Gasteiger partial charge is 0.493 e. The summed E-state index contributed by atoms with van der Waals surface area (Å²) in [5, 5.41) is 0. The molecule has 7 nitrogen and oxygen atoms in total. The molecule has 0 unspecified atom stereocenters. The van der Waals surface area contributed by atoms with Gasteiger partial charge in [0, 0.05) is 6.54 Å². The summed E-state index contributed by atoms with van der Waals surface area (Å²) in [6.07, 6.45) is 1.44. The van der Waals surface area contributed by atoms with E-state index in [4.69, 9.17) is 14.2 Å². The van der Waals surface area contributed by atoms with Gasteiger partial charge >= 0.3 is 5.97 Å². The Morgan fingerprint density at radius 1 is 1.04 bits per heavy atom. The topological polar surface area (TPSA) is 82.1 Å². The van der Waals surface area contributed by atoms with E-state index in [1.165, 1.54) is 29.6 Å². The molecule has 3 rings (SSSR count). The Balaban J connectivity index is 1.97. The molecule has 1 aliphatic heterocycles. The van der Waals surface area contributed by atoms with Crippen LogP contribution in [-0.2, 0) is 14.8 Å². The van der Waals surface area contributed by atoms with Crippen LogP contribution in [0.2, 0.25) is 0 Å². The average molecular weight is 405 g/mol. The van der Waals surface area contributed by atoms with Gasteiger partial charge in [0.2, 0.25) is 10.0 Å². The number of ether oxygens (including phenoxy) is 3. The van der Waals surface area contributed by atoms with E-state index in [1.54, 1.807) is 26.4 Å². The lowest BCUT2D eigenvalue weighted by Gasteiger charge is -2.25. The van der Waals surface area contributed by atoms with Crippen molar-refractivity contribution in [3.8, 4) is 11.5 Å². The van der Waals surface area contributed by atoms with Gasteiger partial charge in [-0.25, -0.2) is 13.2 Å². The Bertz CT molecular complexity index is 972. The minimum atomic E-state index is -3.78. The molecular formula is C20H23NO6S. The number of hydrogen-bond donors (Lipinski definition) is 0. The van der Waals surface area contributed by atoms with Crippen LogP contribution in [0.5, 0.6) is 11.5 Å². The van der Waals surface area contributed by atoms with Gasteiger partial charge in [-0.1, -0.05) is 12.1 Å². The van der Waals surface area contributed by atoms with Crippen molar-refractivity contribution in [2.45, 2.75) is 23.8 Å². The molecule has 1 saturated heterocycles. The lowest BCUT2D eigenvalue weighted by atomic mass is 10.0. The van der Waals surface area contributed by atoms with Crippen LogP contribution >= 0.6 is 0 Å². The van der Waals surface area contributed by atoms with Crippen LogP contribution in [0.25, 0.3) is 0 Å². The first-order chi connectivity index (χ1) is 13.4. The third-order valence-corrected chi connectivity index (χ3v) is 6.76. The average Bonchev–Trinajstić information content (AvgIpc) is 3.23. The van der Waals surface area contributed by atoms with Crippen LogP contribution in [-0.4, -0.2) is 46.6 Å². The Morgan fingerprint density at radius 2 is 1.79 bits per heavy atom. The third-order valence-electron chi connectivity index (χ3n) is 4.86. The molecule has 0 amide bonds. The molecule has 1 fully saturated rings. The van der Waals surface area contributed by atoms with Crippen molar-refractivity contribution in [3.05, 3.63) is 53.6 Å². The summed E-state index contributed by atoms with van der Waals surface area (Å²) in [6.45, 7) is 0.407. The van der Waals surface area contributed by atoms with E-state index < -0.39 is 16.0 Å². The second kappa shape index (κ2) is 8.20. The summed E-state index contributed by atoms with van der Waals surface area (Å²) < 4.78 is 43.3. The van der Waals surface area contributed by atoms with Crippen molar-refractivity contribution >= 4 is 16.0 Å². The monoisotopic (exact) mass is 405 g/mol. The second-order valence-electron chi connectivity index (χ2n) is 6.41. The molecule has 1 atom stereocenters. The van der Waals surface area contributed by atoms with Crippen molar-refractivity contribution < 1.29 is 27.4 Å². The second-order valence-corrected chi connectivity index (χ2v) is 8.30. The molecular weight excluding hydrogens is 382 g/mol. The van der Waals surface area contributed by atoms with E-state index >= 15 is 0 Å². The minimum Gasteiger partial charge on any atom is -0.493 e. The van der Waals surface area contributed by atoms with Gasteiger partial charge in [-0.05, 0) is 48.7 Å². The molecule has 0 N–H and O–H groups in total. The molecule has 2 aromatic rings. The van der Waals surface area contributed by atoms with E-state index in [1.807, 2.05) is 12.1 Å². The number of esters is 1. The van der Waals surface area contributed by atoms with Crippen LogP contribution in [0.15, 0.2) is 47.4 Å². The standard InChI is InChI=1S/C20H23NO6S/c1-25-18-10-9-14(13-19(18)26-2)17-8-5-11-21(17)28(23,24)16-7-4-6-15(12-16)20(22)27-3/h4,6-7,9-10,12-13,17H,5,8,11H2,1-3H3/t17-/m1/s1. The fourth-order valence-corrected chi connectivity index (χ4v) is 5.19. The van der Waals surface area contributed by atoms with Gasteiger partial charge in [0.1, 0.15) is 0 Å². The van der Waals surface area contributed by atoms with Gasteiger partial charge in [-0.15, -0.1) is 0 Å². The number of carbonyl (C=O) groups excluding carboxylic acids is 1. The molecule has 0 bridgehead atoms. The fraction of sp³-hybridized carbons (Fsp3) is 0.350. The zero-order valence-electron chi connectivity index (χ0n) is 16.0. The summed E-state index contributed by atoms with van der Waals surface area (Å²) in [5.74, 6) is 0.566. The van der Waals surface area contributed by atoms with Crippen LogP contribution in [0.4, 0.5) is 0 Å². The molecule has 1 heterocycles. The summed E-state index contributed by atoms with van der Waals surface area (Å²) >= 11 is 0. The van der Waals surface area contributed by atoms with E-state index in [9.17, 15) is 13.2 Å². The van der Waals surface area contributed by atoms with Crippen molar-refractivity contribution in [1.29, 1.82) is 0 Å². The predicted octanol–water partition coefficient (Wildman–Crippen LogP) is 3.02. The summed E-state index contributed by atoms with van der Waals surface area (Å²) in [7, 11) is 0.577. The van der Waals surface area contributed by atoms with Gasteiger partial charge in [-0.2, -0.15) is 4.31 Å². The Kier molecular flexibility index (Phi) is 5.90. The highest BCUT2D eigenvalue weighted by atomic mass is 32.2. The fourth-order valence-electron chi connectivity index (χ4n) is 3.46. The maximum absolute atomic E-state index is 13.3. The van der Waals surface area contributed by atoms with E-state index in [-0.39, 0.29) is 16.5 Å². The highest BCUT2D eigenvalue weighted by Gasteiger charge is 2.36. The van der Waals surface area contributed by atoms with Crippen LogP contribution in [0.3, 0.4) is 0 Å². The number of nitrogens with zero attached hydrogens (tertiary/aromatic N) is 1. The smallest absolute Gasteiger partial charge is 0.337 e. The number of carbonyl (C=O) groups is 1. The van der Waals surface area contributed by atoms with E-state index in [2.05, 4.69) is 0 Å². The number of rotatable bonds is 6. The van der Waals surface area contributed by atoms with E-state index in [0.717, 1.165) is 12.0 Å². The minimum absolute atomic E-state index is 0.0720. The molecule has 28 heavy (non-hydrogen) atoms. The summed E-state index contributed by atoms with van der Waals surface area (Å²) in [5.41, 5.74) is 1.04. The van der Waals surface area contributed by atoms with Crippen LogP contribution < -0.4 is 9.47 Å². The number of benzene rings is 2. The van der Waals surface area contributed by atoms with Crippen LogP contribution in [0, 0.1) is 0 Å². The first-order valence-electron chi connectivity index (χ1n) is 8.84. The van der Waals surface area contributed by atoms with Gasteiger partial charge < -0.3 is 14.2 Å². The molecule has 0 aromatic heterocycles. The van der Waals surface area contributed by atoms with Gasteiger partial charge in [0.25, 0.3) is 0 Å². The van der Waals surface area contributed by atoms with Crippen molar-refractivity contribution in [1.82, 2.24) is 4.31 Å². The highest BCUT2D eigenvalue weighted by molar-refractivity contribution is 7.89. The highest BCUT2D eigenvalue weighted by Crippen LogP contribution is 2.39. The zero-order valence-corrected chi connectivity index (χ0v) is 16.9. The van der Waals surface area contributed by atoms with Crippen LogP contribution in [0.1, 0.15) is 34.8 Å². The molecule has 0 spiro atoms. The lowest BCUT2D eigenvalue weighted by molar-refractivity contribution is 0.0600. The van der Waals surface area contributed by atoms with E-state index in [0.29, 0.717) is 24.5 Å². The quantitative estimate of drug-likeness (QED) is 0.687. The summed E-state index contributed by atoms with van der Waals surface area (Å²) in [4.78, 5) is 11.8. The molecule has 2 aromatic carbocycles. The predicted molar refractivity (Wildman–Crippen MR) is 103 cm³/mol. The maximum atomic E-state index is 13.3. The van der Waals surface area contributed by atoms with Gasteiger partial charge in [-0.3, -0.25) is 0 Å². The van der Waals surface area contributed by atoms with Gasteiger partial charge in [0.15, 0.2) is 11.5 Å². The van der Waals surface area contributed by atoms with Crippen molar-refractivity contribution in [2.24, 2.45) is 0 Å².